The molecule has 0 amide bonds. The summed E-state index contributed by atoms with van der Waals surface area (Å²) >= 11 is 0. The Morgan fingerprint density at radius 3 is 2.81 bits per heavy atom. The van der Waals surface area contributed by atoms with Crippen molar-refractivity contribution in [3.05, 3.63) is 23.8 Å². The maximum absolute atomic E-state index is 5.78. The molecular weight excluding hydrogens is 268 g/mol. The van der Waals surface area contributed by atoms with Crippen LogP contribution in [0.3, 0.4) is 0 Å². The Bertz CT molecular complexity index is 440. The molecule has 0 saturated carbocycles. The molecule has 0 aliphatic carbocycles. The molecule has 1 aromatic rings. The van der Waals surface area contributed by atoms with Crippen LogP contribution in [0.5, 0.6) is 11.5 Å². The van der Waals surface area contributed by atoms with Gasteiger partial charge in [0.1, 0.15) is 0 Å². The van der Waals surface area contributed by atoms with Gasteiger partial charge in [-0.25, -0.2) is 0 Å². The molecule has 5 nitrogen and oxygen atoms in total. The van der Waals surface area contributed by atoms with Gasteiger partial charge in [-0.15, -0.1) is 0 Å². The normalized spacial score (nSPS) is 19.5. The molecule has 1 aliphatic rings. The van der Waals surface area contributed by atoms with Crippen molar-refractivity contribution in [1.82, 2.24) is 10.2 Å². The van der Waals surface area contributed by atoms with Crippen molar-refractivity contribution in [3.63, 3.8) is 0 Å². The van der Waals surface area contributed by atoms with E-state index in [-0.39, 0.29) is 6.10 Å². The molecule has 0 bridgehead atoms. The van der Waals surface area contributed by atoms with E-state index in [1.165, 1.54) is 5.56 Å². The van der Waals surface area contributed by atoms with E-state index in [2.05, 4.69) is 23.2 Å². The van der Waals surface area contributed by atoms with Gasteiger partial charge in [-0.3, -0.25) is 4.90 Å². The fourth-order valence-electron chi connectivity index (χ4n) is 2.56. The monoisotopic (exact) mass is 294 g/mol. The topological polar surface area (TPSA) is 43.0 Å². The zero-order valence-corrected chi connectivity index (χ0v) is 13.2. The summed E-state index contributed by atoms with van der Waals surface area (Å²) in [5.74, 6) is 1.53. The van der Waals surface area contributed by atoms with Gasteiger partial charge in [-0.05, 0) is 24.2 Å². The Balaban J connectivity index is 1.80. The summed E-state index contributed by atoms with van der Waals surface area (Å²) in [5, 5.41) is 3.46. The predicted molar refractivity (Wildman–Crippen MR) is 83.1 cm³/mol. The molecule has 2 rings (SSSR count). The summed E-state index contributed by atoms with van der Waals surface area (Å²) < 4.78 is 16.3. The fourth-order valence-corrected chi connectivity index (χ4v) is 2.56. The van der Waals surface area contributed by atoms with Crippen LogP contribution in [0.15, 0.2) is 18.2 Å². The third kappa shape index (κ3) is 4.59. The predicted octanol–water partition coefficient (Wildman–Crippen LogP) is 1.51. The largest absolute Gasteiger partial charge is 0.493 e. The summed E-state index contributed by atoms with van der Waals surface area (Å²) in [4.78, 5) is 2.42. The van der Waals surface area contributed by atoms with Crippen LogP contribution in [0.25, 0.3) is 0 Å². The minimum absolute atomic E-state index is 0.277. The summed E-state index contributed by atoms with van der Waals surface area (Å²) in [6.07, 6.45) is 0.277. The summed E-state index contributed by atoms with van der Waals surface area (Å²) in [6, 6.07) is 5.99. The second-order valence-corrected chi connectivity index (χ2v) is 5.21. The highest BCUT2D eigenvalue weighted by atomic mass is 16.5. The number of hydrogen-bond acceptors (Lipinski definition) is 5. The molecule has 1 saturated heterocycles. The number of nitrogens with one attached hydrogen (secondary N) is 1. The van der Waals surface area contributed by atoms with Gasteiger partial charge < -0.3 is 19.5 Å². The maximum atomic E-state index is 5.78. The third-order valence-corrected chi connectivity index (χ3v) is 3.82. The standard InChI is InChI=1S/C16H26N2O3/c1-4-18-7-8-21-14(12-18)11-17-10-13-5-6-15(19-2)16(9-13)20-3/h5-6,9,14,17H,4,7-8,10-12H2,1-3H3. The molecular formula is C16H26N2O3. The minimum Gasteiger partial charge on any atom is -0.493 e. The first-order chi connectivity index (χ1) is 10.3. The first-order valence-electron chi connectivity index (χ1n) is 7.52. The molecule has 1 atom stereocenters. The van der Waals surface area contributed by atoms with Crippen molar-refractivity contribution < 1.29 is 14.2 Å². The van der Waals surface area contributed by atoms with Crippen molar-refractivity contribution >= 4 is 0 Å². The van der Waals surface area contributed by atoms with Crippen LogP contribution in [0.4, 0.5) is 0 Å². The number of morpholine rings is 1. The number of rotatable bonds is 7. The molecule has 1 fully saturated rings. The van der Waals surface area contributed by atoms with Crippen LogP contribution in [-0.2, 0) is 11.3 Å². The number of hydrogen-bond donors (Lipinski definition) is 1. The van der Waals surface area contributed by atoms with Gasteiger partial charge >= 0.3 is 0 Å². The zero-order chi connectivity index (χ0) is 15.1. The molecule has 1 aliphatic heterocycles. The highest BCUT2D eigenvalue weighted by Gasteiger charge is 2.18. The zero-order valence-electron chi connectivity index (χ0n) is 13.2. The Labute approximate surface area is 127 Å². The Morgan fingerprint density at radius 2 is 2.10 bits per heavy atom. The number of likely N-dealkylation sites (N-methyl/N-ethyl adjacent to an activating group) is 1. The van der Waals surface area contributed by atoms with Gasteiger partial charge in [0.2, 0.25) is 0 Å². The number of benzene rings is 1. The highest BCUT2D eigenvalue weighted by molar-refractivity contribution is 5.42. The van der Waals surface area contributed by atoms with E-state index in [0.29, 0.717) is 0 Å². The van der Waals surface area contributed by atoms with Crippen LogP contribution in [0.2, 0.25) is 0 Å². The first kappa shape index (κ1) is 16.1. The Hall–Kier alpha value is -1.30. The quantitative estimate of drug-likeness (QED) is 0.826. The van der Waals surface area contributed by atoms with Gasteiger partial charge in [0.15, 0.2) is 11.5 Å². The van der Waals surface area contributed by atoms with E-state index in [0.717, 1.165) is 50.8 Å². The molecule has 0 aromatic heterocycles. The van der Waals surface area contributed by atoms with Crippen LogP contribution in [0.1, 0.15) is 12.5 Å². The lowest BCUT2D eigenvalue weighted by atomic mass is 10.2. The Morgan fingerprint density at radius 1 is 1.29 bits per heavy atom. The van der Waals surface area contributed by atoms with Crippen LogP contribution in [-0.4, -0.2) is 58.0 Å². The average molecular weight is 294 g/mol. The molecule has 1 unspecified atom stereocenters. The lowest BCUT2D eigenvalue weighted by molar-refractivity contribution is -0.0253. The fraction of sp³-hybridized carbons (Fsp3) is 0.625. The molecule has 21 heavy (non-hydrogen) atoms. The summed E-state index contributed by atoms with van der Waals surface area (Å²) in [7, 11) is 3.31. The lowest BCUT2D eigenvalue weighted by Crippen LogP contribution is -2.46. The van der Waals surface area contributed by atoms with E-state index < -0.39 is 0 Å². The van der Waals surface area contributed by atoms with E-state index in [1.54, 1.807) is 14.2 Å². The van der Waals surface area contributed by atoms with Crippen molar-refractivity contribution in [2.75, 3.05) is 47.0 Å². The van der Waals surface area contributed by atoms with E-state index in [1.807, 2.05) is 12.1 Å². The maximum Gasteiger partial charge on any atom is 0.161 e. The smallest absolute Gasteiger partial charge is 0.161 e. The number of nitrogens with zero attached hydrogens (tertiary/aromatic N) is 1. The van der Waals surface area contributed by atoms with Crippen LogP contribution < -0.4 is 14.8 Å². The van der Waals surface area contributed by atoms with E-state index in [4.69, 9.17) is 14.2 Å². The van der Waals surface area contributed by atoms with Crippen molar-refractivity contribution in [1.29, 1.82) is 0 Å². The third-order valence-electron chi connectivity index (χ3n) is 3.82. The van der Waals surface area contributed by atoms with Gasteiger partial charge in [-0.2, -0.15) is 0 Å². The first-order valence-corrected chi connectivity index (χ1v) is 7.52. The molecule has 5 heteroatoms. The second-order valence-electron chi connectivity index (χ2n) is 5.21. The molecule has 1 aromatic carbocycles. The van der Waals surface area contributed by atoms with Gasteiger partial charge in [-0.1, -0.05) is 13.0 Å². The SMILES string of the molecule is CCN1CCOC(CNCc2ccc(OC)c(OC)c2)C1. The van der Waals surface area contributed by atoms with E-state index in [9.17, 15) is 0 Å². The van der Waals surface area contributed by atoms with Crippen molar-refractivity contribution in [3.8, 4) is 11.5 Å². The number of ether oxygens (including phenoxy) is 3. The number of methoxy groups -OCH3 is 2. The van der Waals surface area contributed by atoms with Crippen molar-refractivity contribution in [2.45, 2.75) is 19.6 Å². The highest BCUT2D eigenvalue weighted by Crippen LogP contribution is 2.27. The molecule has 0 spiro atoms. The Kier molecular flexibility index (Phi) is 6.29. The molecule has 1 heterocycles. The summed E-state index contributed by atoms with van der Waals surface area (Å²) in [5.41, 5.74) is 1.18. The van der Waals surface area contributed by atoms with Crippen LogP contribution >= 0.6 is 0 Å². The second kappa shape index (κ2) is 8.22. The van der Waals surface area contributed by atoms with Crippen LogP contribution in [0, 0.1) is 0 Å². The summed E-state index contributed by atoms with van der Waals surface area (Å²) in [6.45, 7) is 7.83. The van der Waals surface area contributed by atoms with Gasteiger partial charge in [0, 0.05) is 26.2 Å². The van der Waals surface area contributed by atoms with E-state index >= 15 is 0 Å². The molecule has 118 valence electrons. The molecule has 1 N–H and O–H groups in total. The average Bonchev–Trinajstić information content (AvgIpc) is 2.55. The van der Waals surface area contributed by atoms with Gasteiger partial charge in [0.25, 0.3) is 0 Å². The van der Waals surface area contributed by atoms with Crippen molar-refractivity contribution in [2.24, 2.45) is 0 Å². The lowest BCUT2D eigenvalue weighted by Gasteiger charge is -2.32. The van der Waals surface area contributed by atoms with Gasteiger partial charge in [0.05, 0.1) is 26.9 Å². The molecule has 0 radical (unpaired) electrons. The minimum atomic E-state index is 0.277.